The molecule has 0 radical (unpaired) electrons. The van der Waals surface area contributed by atoms with Gasteiger partial charge in [0, 0.05) is 24.9 Å². The van der Waals surface area contributed by atoms with Gasteiger partial charge in [-0.2, -0.15) is 10.2 Å². The summed E-state index contributed by atoms with van der Waals surface area (Å²) < 4.78 is 27.0. The van der Waals surface area contributed by atoms with E-state index < -0.39 is 10.5 Å². The molecule has 0 bridgehead atoms. The van der Waals surface area contributed by atoms with E-state index in [4.69, 9.17) is 28.7 Å². The second-order valence-electron chi connectivity index (χ2n) is 5.64. The van der Waals surface area contributed by atoms with Crippen LogP contribution in [0.3, 0.4) is 0 Å². The van der Waals surface area contributed by atoms with E-state index in [0.717, 1.165) is 0 Å². The SMILES string of the molecule is CNC(=S)N/N=C(C)\C(C)=N/NC(=S)Nc1ccc([S+](=O)(O)O[NH+](C)C)cc1. The lowest BCUT2D eigenvalue weighted by atomic mass is 10.3. The summed E-state index contributed by atoms with van der Waals surface area (Å²) in [4.78, 5) is 0.158. The molecule has 0 saturated heterocycles. The molecular weight excluding hydrogens is 422 g/mol. The lowest BCUT2D eigenvalue weighted by Crippen LogP contribution is -3.05. The van der Waals surface area contributed by atoms with E-state index >= 15 is 0 Å². The summed E-state index contributed by atoms with van der Waals surface area (Å²) >= 11 is 10.1. The maximum Gasteiger partial charge on any atom is 0.444 e. The number of hydrogen-bond acceptors (Lipinski definition) is 6. The Morgan fingerprint density at radius 3 is 2.04 bits per heavy atom. The molecule has 0 spiro atoms. The van der Waals surface area contributed by atoms with Crippen molar-refractivity contribution in [3.8, 4) is 0 Å². The Hall–Kier alpha value is -2.03. The van der Waals surface area contributed by atoms with Crippen LogP contribution < -0.4 is 26.5 Å². The summed E-state index contributed by atoms with van der Waals surface area (Å²) in [5.74, 6) is 0. The predicted octanol–water partition coefficient (Wildman–Crippen LogP) is 0.141. The zero-order valence-electron chi connectivity index (χ0n) is 16.2. The summed E-state index contributed by atoms with van der Waals surface area (Å²) in [6, 6.07) is 6.19. The van der Waals surface area contributed by atoms with Gasteiger partial charge in [-0.3, -0.25) is 10.9 Å². The van der Waals surface area contributed by atoms with Gasteiger partial charge >= 0.3 is 10.5 Å². The first-order valence-electron chi connectivity index (χ1n) is 8.05. The van der Waals surface area contributed by atoms with Crippen LogP contribution in [0.4, 0.5) is 5.69 Å². The standard InChI is InChI=1S/C15H23N7O3S3/c1-10(18-20-14(26)16-3)11(2)19-21-15(27)17-12-6-8-13(9-7-12)28(23,24)25-22(4)5/h6-9H,1-5H3,(H4-,16,17,18,19,20,21,23,24,26,27)/p+2. The molecule has 1 aromatic rings. The van der Waals surface area contributed by atoms with Crippen molar-refractivity contribution in [3.05, 3.63) is 24.3 Å². The molecular formula is C15H25N7O3S3+2. The molecule has 28 heavy (non-hydrogen) atoms. The molecule has 10 nitrogen and oxygen atoms in total. The van der Waals surface area contributed by atoms with Crippen molar-refractivity contribution >= 4 is 62.3 Å². The highest BCUT2D eigenvalue weighted by Gasteiger charge is 2.36. The summed E-state index contributed by atoms with van der Waals surface area (Å²) in [7, 11) is 1.34. The van der Waals surface area contributed by atoms with Gasteiger partial charge in [0.1, 0.15) is 14.1 Å². The minimum atomic E-state index is -3.57. The van der Waals surface area contributed by atoms with Crippen LogP contribution in [0.1, 0.15) is 13.8 Å². The van der Waals surface area contributed by atoms with Crippen LogP contribution in [0.5, 0.6) is 0 Å². The van der Waals surface area contributed by atoms with Gasteiger partial charge in [0.15, 0.2) is 10.2 Å². The van der Waals surface area contributed by atoms with Crippen molar-refractivity contribution in [1.82, 2.24) is 16.2 Å². The molecule has 1 atom stereocenters. The Labute approximate surface area is 176 Å². The van der Waals surface area contributed by atoms with Crippen LogP contribution in [0.15, 0.2) is 39.4 Å². The van der Waals surface area contributed by atoms with Crippen molar-refractivity contribution in [2.45, 2.75) is 18.7 Å². The molecule has 0 heterocycles. The van der Waals surface area contributed by atoms with Crippen LogP contribution >= 0.6 is 24.4 Å². The van der Waals surface area contributed by atoms with E-state index in [0.29, 0.717) is 27.3 Å². The smallest absolute Gasteiger partial charge is 0.364 e. The fraction of sp³-hybridized carbons (Fsp3) is 0.333. The number of hydrazone groups is 2. The van der Waals surface area contributed by atoms with Crippen molar-refractivity contribution in [2.75, 3.05) is 26.5 Å². The molecule has 0 aliphatic heterocycles. The predicted molar refractivity (Wildman–Crippen MR) is 120 cm³/mol. The molecule has 0 saturated carbocycles. The number of rotatable bonds is 7. The van der Waals surface area contributed by atoms with Gasteiger partial charge in [-0.15, -0.1) is 9.62 Å². The first-order chi connectivity index (χ1) is 13.0. The third-order valence-electron chi connectivity index (χ3n) is 3.09. The number of anilines is 1. The minimum absolute atomic E-state index is 0.158. The zero-order valence-corrected chi connectivity index (χ0v) is 18.6. The van der Waals surface area contributed by atoms with Crippen LogP contribution in [0.2, 0.25) is 0 Å². The van der Waals surface area contributed by atoms with Crippen LogP contribution in [-0.4, -0.2) is 47.3 Å². The minimum Gasteiger partial charge on any atom is -0.364 e. The molecule has 0 aliphatic rings. The summed E-state index contributed by atoms with van der Waals surface area (Å²) in [5.41, 5.74) is 7.21. The Morgan fingerprint density at radius 2 is 1.57 bits per heavy atom. The molecule has 0 fully saturated rings. The Bertz CT molecular complexity index is 810. The largest absolute Gasteiger partial charge is 0.444 e. The fourth-order valence-electron chi connectivity index (χ4n) is 1.63. The molecule has 154 valence electrons. The maximum absolute atomic E-state index is 12.1. The van der Waals surface area contributed by atoms with Gasteiger partial charge in [-0.05, 0) is 54.6 Å². The van der Waals surface area contributed by atoms with Crippen LogP contribution in [0.25, 0.3) is 0 Å². The highest BCUT2D eigenvalue weighted by molar-refractivity contribution is 7.93. The zero-order chi connectivity index (χ0) is 21.3. The van der Waals surface area contributed by atoms with E-state index in [9.17, 15) is 8.76 Å². The van der Waals surface area contributed by atoms with Crippen LogP contribution in [0, 0.1) is 0 Å². The fourth-order valence-corrected chi connectivity index (χ4v) is 2.87. The number of nitrogens with zero attached hydrogens (tertiary/aromatic N) is 2. The number of hydrogen-bond donors (Lipinski definition) is 6. The van der Waals surface area contributed by atoms with Gasteiger partial charge in [-0.1, -0.05) is 0 Å². The van der Waals surface area contributed by atoms with Gasteiger partial charge in [-0.25, -0.2) is 0 Å². The third-order valence-corrected chi connectivity index (χ3v) is 5.01. The highest BCUT2D eigenvalue weighted by Crippen LogP contribution is 2.18. The van der Waals surface area contributed by atoms with Gasteiger partial charge in [0.2, 0.25) is 4.90 Å². The van der Waals surface area contributed by atoms with Crippen molar-refractivity contribution in [1.29, 1.82) is 0 Å². The molecule has 1 unspecified atom stereocenters. The highest BCUT2D eigenvalue weighted by atomic mass is 32.3. The monoisotopic (exact) mass is 447 g/mol. The molecule has 6 N–H and O–H groups in total. The molecule has 13 heteroatoms. The number of thiocarbonyl (C=S) groups is 2. The van der Waals surface area contributed by atoms with E-state index in [-0.39, 0.29) is 10.0 Å². The van der Waals surface area contributed by atoms with E-state index in [1.54, 1.807) is 47.1 Å². The second-order valence-corrected chi connectivity index (χ2v) is 8.05. The van der Waals surface area contributed by atoms with E-state index in [1.165, 1.54) is 12.1 Å². The molecule has 1 rings (SSSR count). The topological polar surface area (TPSA) is 124 Å². The number of quaternary nitrogens is 1. The van der Waals surface area contributed by atoms with Gasteiger partial charge in [0.25, 0.3) is 0 Å². The normalized spacial score (nSPS) is 14.2. The molecule has 0 aromatic heterocycles. The first-order valence-corrected chi connectivity index (χ1v) is 10.3. The summed E-state index contributed by atoms with van der Waals surface area (Å²) in [5, 5.41) is 14.9. The molecule has 0 aliphatic carbocycles. The van der Waals surface area contributed by atoms with Crippen molar-refractivity contribution < 1.29 is 18.1 Å². The lowest BCUT2D eigenvalue weighted by Gasteiger charge is -2.09. The molecule has 0 amide bonds. The van der Waals surface area contributed by atoms with E-state index in [2.05, 4.69) is 31.7 Å². The first kappa shape index (κ1) is 24.0. The van der Waals surface area contributed by atoms with Gasteiger partial charge < -0.3 is 10.6 Å². The van der Waals surface area contributed by atoms with E-state index in [1.807, 2.05) is 0 Å². The molecule has 1 aromatic carbocycles. The van der Waals surface area contributed by atoms with Crippen LogP contribution in [-0.2, 0) is 19.0 Å². The Morgan fingerprint density at radius 1 is 1.07 bits per heavy atom. The number of nitrogens with one attached hydrogen (secondary N) is 5. The van der Waals surface area contributed by atoms with Crippen molar-refractivity contribution in [2.24, 2.45) is 10.2 Å². The average Bonchev–Trinajstić information content (AvgIpc) is 2.63. The number of benzene rings is 1. The summed E-state index contributed by atoms with van der Waals surface area (Å²) in [6.07, 6.45) is 0. The Balaban J connectivity index is 2.66. The maximum atomic E-state index is 12.1. The number of hydroxylamine groups is 2. The average molecular weight is 448 g/mol. The van der Waals surface area contributed by atoms with Crippen molar-refractivity contribution in [3.63, 3.8) is 0 Å². The Kier molecular flexibility index (Phi) is 9.51. The quantitative estimate of drug-likeness (QED) is 0.150. The van der Waals surface area contributed by atoms with Gasteiger partial charge in [0.05, 0.1) is 15.7 Å². The lowest BCUT2D eigenvalue weighted by molar-refractivity contribution is -1.03. The third kappa shape index (κ3) is 8.33. The second kappa shape index (κ2) is 11.1. The summed E-state index contributed by atoms with van der Waals surface area (Å²) in [6.45, 7) is 3.53.